The summed E-state index contributed by atoms with van der Waals surface area (Å²) in [6, 6.07) is 0. The molecule has 0 aromatic carbocycles. The summed E-state index contributed by atoms with van der Waals surface area (Å²) in [5.74, 6) is -0.838. The number of carbonyl (C=O) groups is 3. The van der Waals surface area contributed by atoms with Crippen molar-refractivity contribution in [3.05, 3.63) is 12.2 Å². The van der Waals surface area contributed by atoms with Crippen LogP contribution in [0.1, 0.15) is 387 Å². The number of hydrogen-bond donors (Lipinski definition) is 0. The molecular formula is C68H130O6. The first kappa shape index (κ1) is 72.2. The smallest absolute Gasteiger partial charge is 0.306 e. The molecule has 0 aliphatic rings. The molecule has 74 heavy (non-hydrogen) atoms. The van der Waals surface area contributed by atoms with Gasteiger partial charge < -0.3 is 14.2 Å². The van der Waals surface area contributed by atoms with E-state index in [2.05, 4.69) is 32.9 Å². The van der Waals surface area contributed by atoms with Gasteiger partial charge in [-0.1, -0.05) is 335 Å². The van der Waals surface area contributed by atoms with E-state index < -0.39 is 6.10 Å². The Morgan fingerprint density at radius 3 is 0.676 bits per heavy atom. The predicted molar refractivity (Wildman–Crippen MR) is 321 cm³/mol. The van der Waals surface area contributed by atoms with Gasteiger partial charge in [-0.15, -0.1) is 0 Å². The molecule has 0 rings (SSSR count). The van der Waals surface area contributed by atoms with Crippen LogP contribution in [0.2, 0.25) is 0 Å². The van der Waals surface area contributed by atoms with Crippen LogP contribution in [-0.2, 0) is 28.6 Å². The summed E-state index contributed by atoms with van der Waals surface area (Å²) in [7, 11) is 0. The maximum absolute atomic E-state index is 12.9. The van der Waals surface area contributed by atoms with Crippen molar-refractivity contribution < 1.29 is 28.6 Å². The Labute approximate surface area is 462 Å². The van der Waals surface area contributed by atoms with E-state index in [0.29, 0.717) is 19.3 Å². The molecule has 0 amide bonds. The van der Waals surface area contributed by atoms with Gasteiger partial charge in [0.15, 0.2) is 6.10 Å². The van der Waals surface area contributed by atoms with E-state index >= 15 is 0 Å². The maximum Gasteiger partial charge on any atom is 0.306 e. The van der Waals surface area contributed by atoms with Crippen LogP contribution in [0.15, 0.2) is 12.2 Å². The van der Waals surface area contributed by atoms with Crippen molar-refractivity contribution in [1.82, 2.24) is 0 Å². The second-order valence-corrected chi connectivity index (χ2v) is 23.1. The molecule has 0 bridgehead atoms. The van der Waals surface area contributed by atoms with Gasteiger partial charge in [0.2, 0.25) is 0 Å². The molecule has 0 spiro atoms. The molecule has 0 N–H and O–H groups in total. The zero-order chi connectivity index (χ0) is 53.6. The van der Waals surface area contributed by atoms with Gasteiger partial charge in [-0.05, 0) is 44.9 Å². The van der Waals surface area contributed by atoms with Gasteiger partial charge in [0.1, 0.15) is 13.2 Å². The number of esters is 3. The molecule has 1 unspecified atom stereocenters. The topological polar surface area (TPSA) is 78.9 Å². The minimum atomic E-state index is -0.768. The van der Waals surface area contributed by atoms with E-state index in [-0.39, 0.29) is 31.1 Å². The molecular weight excluding hydrogens is 913 g/mol. The minimum Gasteiger partial charge on any atom is -0.462 e. The standard InChI is InChI=1S/C68H130O6/c1-4-7-10-13-16-19-22-25-27-29-31-32-33-34-35-36-37-39-40-43-46-49-52-55-58-61-67(70)73-64-65(63-72-66(69)60-57-54-51-48-45-42-24-21-18-15-12-9-6-3)74-68(71)62-59-56-53-50-47-44-41-38-30-28-26-23-20-17-14-11-8-5-2/h28,30,65H,4-27,29,31-64H2,1-3H3/b30-28-. The highest BCUT2D eigenvalue weighted by Crippen LogP contribution is 2.19. The van der Waals surface area contributed by atoms with Gasteiger partial charge in [0, 0.05) is 19.3 Å². The maximum atomic E-state index is 12.9. The molecule has 438 valence electrons. The second-order valence-electron chi connectivity index (χ2n) is 23.1. The minimum absolute atomic E-state index is 0.0651. The summed E-state index contributed by atoms with van der Waals surface area (Å²) < 4.78 is 17.0. The molecule has 0 radical (unpaired) electrons. The molecule has 0 fully saturated rings. The second kappa shape index (κ2) is 63.7. The van der Waals surface area contributed by atoms with Gasteiger partial charge >= 0.3 is 17.9 Å². The third-order valence-electron chi connectivity index (χ3n) is 15.5. The Bertz CT molecular complexity index is 1150. The van der Waals surface area contributed by atoms with E-state index in [1.54, 1.807) is 0 Å². The van der Waals surface area contributed by atoms with Crippen LogP contribution in [0, 0.1) is 0 Å². The van der Waals surface area contributed by atoms with E-state index in [1.807, 2.05) is 0 Å². The number of allylic oxidation sites excluding steroid dienone is 2. The summed E-state index contributed by atoms with van der Waals surface area (Å²) in [5, 5.41) is 0. The largest absolute Gasteiger partial charge is 0.462 e. The lowest BCUT2D eigenvalue weighted by atomic mass is 10.0. The summed E-state index contributed by atoms with van der Waals surface area (Å²) in [6.45, 7) is 6.71. The number of unbranched alkanes of at least 4 members (excludes halogenated alkanes) is 50. The van der Waals surface area contributed by atoms with E-state index in [9.17, 15) is 14.4 Å². The summed E-state index contributed by atoms with van der Waals surface area (Å²) in [6.07, 6.45) is 75.2. The Morgan fingerprint density at radius 1 is 0.257 bits per heavy atom. The molecule has 0 saturated heterocycles. The quantitative estimate of drug-likeness (QED) is 0.0261. The molecule has 0 aliphatic carbocycles. The highest BCUT2D eigenvalue weighted by molar-refractivity contribution is 5.71. The van der Waals surface area contributed by atoms with Crippen LogP contribution in [0.5, 0.6) is 0 Å². The number of rotatable bonds is 63. The van der Waals surface area contributed by atoms with Crippen LogP contribution in [0.25, 0.3) is 0 Å². The predicted octanol–water partition coefficient (Wildman–Crippen LogP) is 22.8. The average Bonchev–Trinajstić information content (AvgIpc) is 3.40. The molecule has 0 aliphatic heterocycles. The number of ether oxygens (including phenoxy) is 3. The highest BCUT2D eigenvalue weighted by atomic mass is 16.6. The van der Waals surface area contributed by atoms with Crippen molar-refractivity contribution in [3.63, 3.8) is 0 Å². The van der Waals surface area contributed by atoms with Gasteiger partial charge in [-0.25, -0.2) is 0 Å². The Balaban J connectivity index is 4.21. The number of hydrogen-bond acceptors (Lipinski definition) is 6. The van der Waals surface area contributed by atoms with Crippen molar-refractivity contribution in [2.75, 3.05) is 13.2 Å². The lowest BCUT2D eigenvalue weighted by Gasteiger charge is -2.18. The zero-order valence-corrected chi connectivity index (χ0v) is 50.4. The first-order valence-electron chi connectivity index (χ1n) is 33.7. The lowest BCUT2D eigenvalue weighted by molar-refractivity contribution is -0.167. The third kappa shape index (κ3) is 61.0. The average molecular weight is 1040 g/mol. The SMILES string of the molecule is CCCCCCCCC/C=C\CCCCCCCCCC(=O)OC(COC(=O)CCCCCCCCCCCCCCC)COC(=O)CCCCCCCCCCCCCCCCCCCCCCCCCCC. The van der Waals surface area contributed by atoms with E-state index in [4.69, 9.17) is 14.2 Å². The molecule has 6 nitrogen and oxygen atoms in total. The van der Waals surface area contributed by atoms with Crippen LogP contribution in [0.3, 0.4) is 0 Å². The fourth-order valence-corrected chi connectivity index (χ4v) is 10.4. The normalized spacial score (nSPS) is 12.0. The fraction of sp³-hybridized carbons (Fsp3) is 0.926. The van der Waals surface area contributed by atoms with Crippen LogP contribution in [0.4, 0.5) is 0 Å². The molecule has 0 heterocycles. The monoisotopic (exact) mass is 1040 g/mol. The van der Waals surface area contributed by atoms with Crippen molar-refractivity contribution in [2.45, 2.75) is 393 Å². The third-order valence-corrected chi connectivity index (χ3v) is 15.5. The Morgan fingerprint density at radius 2 is 0.446 bits per heavy atom. The Hall–Kier alpha value is -1.85. The molecule has 1 atom stereocenters. The van der Waals surface area contributed by atoms with Crippen LogP contribution < -0.4 is 0 Å². The highest BCUT2D eigenvalue weighted by Gasteiger charge is 2.19. The van der Waals surface area contributed by atoms with Gasteiger partial charge in [0.25, 0.3) is 0 Å². The molecule has 0 aromatic rings. The molecule has 0 aromatic heterocycles. The van der Waals surface area contributed by atoms with Crippen molar-refractivity contribution in [1.29, 1.82) is 0 Å². The van der Waals surface area contributed by atoms with E-state index in [1.165, 1.54) is 289 Å². The van der Waals surface area contributed by atoms with Crippen molar-refractivity contribution in [2.24, 2.45) is 0 Å². The van der Waals surface area contributed by atoms with Gasteiger partial charge in [0.05, 0.1) is 0 Å². The summed E-state index contributed by atoms with van der Waals surface area (Å²) in [4.78, 5) is 38.3. The zero-order valence-electron chi connectivity index (χ0n) is 50.4. The van der Waals surface area contributed by atoms with Gasteiger partial charge in [-0.2, -0.15) is 0 Å². The summed E-state index contributed by atoms with van der Waals surface area (Å²) >= 11 is 0. The van der Waals surface area contributed by atoms with Crippen molar-refractivity contribution >= 4 is 17.9 Å². The molecule has 6 heteroatoms. The first-order valence-corrected chi connectivity index (χ1v) is 33.7. The first-order chi connectivity index (χ1) is 36.5. The Kier molecular flexibility index (Phi) is 62.1. The molecule has 0 saturated carbocycles. The number of carbonyl (C=O) groups excluding carboxylic acids is 3. The fourth-order valence-electron chi connectivity index (χ4n) is 10.4. The lowest BCUT2D eigenvalue weighted by Crippen LogP contribution is -2.30. The van der Waals surface area contributed by atoms with Gasteiger partial charge in [-0.3, -0.25) is 14.4 Å². The van der Waals surface area contributed by atoms with Crippen LogP contribution in [-0.4, -0.2) is 37.2 Å². The van der Waals surface area contributed by atoms with E-state index in [0.717, 1.165) is 57.8 Å². The summed E-state index contributed by atoms with van der Waals surface area (Å²) in [5.41, 5.74) is 0. The van der Waals surface area contributed by atoms with Crippen molar-refractivity contribution in [3.8, 4) is 0 Å². The van der Waals surface area contributed by atoms with Crippen LogP contribution >= 0.6 is 0 Å².